The lowest BCUT2D eigenvalue weighted by Gasteiger charge is -2.08. The summed E-state index contributed by atoms with van der Waals surface area (Å²) in [6, 6.07) is 9.88. The second-order valence-corrected chi connectivity index (χ2v) is 5.51. The van der Waals surface area contributed by atoms with Gasteiger partial charge >= 0.3 is 0 Å². The number of benzene rings is 1. The predicted molar refractivity (Wildman–Crippen MR) is 92.0 cm³/mol. The lowest BCUT2D eigenvalue weighted by molar-refractivity contribution is -0.116. The molecular formula is C18H25N3O. The monoisotopic (exact) mass is 299 g/mol. The molecule has 0 atom stereocenters. The van der Waals surface area contributed by atoms with Crippen molar-refractivity contribution in [2.45, 2.75) is 45.6 Å². The van der Waals surface area contributed by atoms with Crippen molar-refractivity contribution in [1.29, 1.82) is 0 Å². The van der Waals surface area contributed by atoms with Gasteiger partial charge in [-0.2, -0.15) is 0 Å². The van der Waals surface area contributed by atoms with Gasteiger partial charge in [-0.15, -0.1) is 0 Å². The third-order valence-electron chi connectivity index (χ3n) is 3.59. The number of hydrogen-bond acceptors (Lipinski definition) is 2. The molecule has 2 aromatic rings. The summed E-state index contributed by atoms with van der Waals surface area (Å²) in [7, 11) is 0. The fourth-order valence-corrected chi connectivity index (χ4v) is 2.28. The molecular weight excluding hydrogens is 274 g/mol. The highest BCUT2D eigenvalue weighted by molar-refractivity contribution is 5.90. The lowest BCUT2D eigenvalue weighted by atomic mass is 10.1. The van der Waals surface area contributed by atoms with Crippen LogP contribution in [0.5, 0.6) is 0 Å². The number of amides is 1. The predicted octanol–water partition coefficient (Wildman–Crippen LogP) is 4.54. The maximum absolute atomic E-state index is 11.8. The van der Waals surface area contributed by atoms with Gasteiger partial charge in [0.1, 0.15) is 0 Å². The van der Waals surface area contributed by atoms with Crippen LogP contribution in [0.3, 0.4) is 0 Å². The molecule has 2 rings (SSSR count). The number of nitrogens with one attached hydrogen (secondary N) is 3. The highest BCUT2D eigenvalue weighted by Crippen LogP contribution is 2.15. The highest BCUT2D eigenvalue weighted by Gasteiger charge is 2.02. The zero-order valence-electron chi connectivity index (χ0n) is 13.2. The van der Waals surface area contributed by atoms with E-state index in [9.17, 15) is 4.79 Å². The van der Waals surface area contributed by atoms with Crippen LogP contribution in [0.4, 0.5) is 11.4 Å². The van der Waals surface area contributed by atoms with Gasteiger partial charge in [0.25, 0.3) is 0 Å². The maximum Gasteiger partial charge on any atom is 0.224 e. The first-order chi connectivity index (χ1) is 10.8. The van der Waals surface area contributed by atoms with E-state index in [1.165, 1.54) is 18.4 Å². The van der Waals surface area contributed by atoms with Crippen LogP contribution in [0.25, 0.3) is 0 Å². The summed E-state index contributed by atoms with van der Waals surface area (Å²) in [6.07, 6.45) is 8.99. The van der Waals surface area contributed by atoms with Gasteiger partial charge in [0.2, 0.25) is 5.91 Å². The average Bonchev–Trinajstić information content (AvgIpc) is 3.04. The number of carbonyl (C=O) groups excluding carboxylic acids is 1. The van der Waals surface area contributed by atoms with E-state index in [0.717, 1.165) is 30.8 Å². The van der Waals surface area contributed by atoms with Crippen LogP contribution in [0.2, 0.25) is 0 Å². The van der Waals surface area contributed by atoms with E-state index in [-0.39, 0.29) is 5.91 Å². The van der Waals surface area contributed by atoms with E-state index in [1.807, 2.05) is 42.7 Å². The van der Waals surface area contributed by atoms with Crippen LogP contribution >= 0.6 is 0 Å². The first-order valence-corrected chi connectivity index (χ1v) is 8.03. The Kier molecular flexibility index (Phi) is 6.55. The molecule has 0 saturated carbocycles. The Morgan fingerprint density at radius 1 is 1.05 bits per heavy atom. The topological polar surface area (TPSA) is 56.9 Å². The molecule has 1 heterocycles. The summed E-state index contributed by atoms with van der Waals surface area (Å²) in [5.41, 5.74) is 3.11. The molecule has 0 bridgehead atoms. The van der Waals surface area contributed by atoms with E-state index in [1.54, 1.807) is 0 Å². The highest BCUT2D eigenvalue weighted by atomic mass is 16.1. The minimum atomic E-state index is 0.101. The summed E-state index contributed by atoms with van der Waals surface area (Å²) in [4.78, 5) is 14.8. The SMILES string of the molecule is CCCCCCC(=O)Nc1ccc(NCc2cc[nH]c2)cc1. The fourth-order valence-electron chi connectivity index (χ4n) is 2.28. The average molecular weight is 299 g/mol. The second-order valence-electron chi connectivity index (χ2n) is 5.51. The zero-order valence-corrected chi connectivity index (χ0v) is 13.2. The smallest absolute Gasteiger partial charge is 0.224 e. The van der Waals surface area contributed by atoms with Crippen molar-refractivity contribution in [2.75, 3.05) is 10.6 Å². The van der Waals surface area contributed by atoms with Crippen molar-refractivity contribution < 1.29 is 4.79 Å². The summed E-state index contributed by atoms with van der Waals surface area (Å²) in [5.74, 6) is 0.101. The molecule has 0 saturated heterocycles. The number of carbonyl (C=O) groups is 1. The van der Waals surface area contributed by atoms with Crippen LogP contribution < -0.4 is 10.6 Å². The number of unbranched alkanes of at least 4 members (excludes halogenated alkanes) is 3. The Morgan fingerprint density at radius 3 is 2.50 bits per heavy atom. The van der Waals surface area contributed by atoms with Gasteiger partial charge in [0.05, 0.1) is 0 Å². The molecule has 118 valence electrons. The standard InChI is InChI=1S/C18H25N3O/c1-2-3-4-5-6-18(22)21-17-9-7-16(8-10-17)20-14-15-11-12-19-13-15/h7-13,19-20H,2-6,14H2,1H3,(H,21,22). The number of hydrogen-bond donors (Lipinski definition) is 3. The van der Waals surface area contributed by atoms with Crippen molar-refractivity contribution in [3.63, 3.8) is 0 Å². The lowest BCUT2D eigenvalue weighted by Crippen LogP contribution is -2.11. The Morgan fingerprint density at radius 2 is 1.82 bits per heavy atom. The van der Waals surface area contributed by atoms with Crippen LogP contribution in [0, 0.1) is 0 Å². The zero-order chi connectivity index (χ0) is 15.6. The minimum Gasteiger partial charge on any atom is -0.381 e. The molecule has 0 spiro atoms. The fraction of sp³-hybridized carbons (Fsp3) is 0.389. The molecule has 0 radical (unpaired) electrons. The number of anilines is 2. The van der Waals surface area contributed by atoms with Crippen LogP contribution in [-0.2, 0) is 11.3 Å². The summed E-state index contributed by atoms with van der Waals surface area (Å²) >= 11 is 0. The van der Waals surface area contributed by atoms with Gasteiger partial charge in [0.15, 0.2) is 0 Å². The number of aromatic amines is 1. The Hall–Kier alpha value is -2.23. The summed E-state index contributed by atoms with van der Waals surface area (Å²) < 4.78 is 0. The van der Waals surface area contributed by atoms with Crippen molar-refractivity contribution in [3.8, 4) is 0 Å². The van der Waals surface area contributed by atoms with Crippen LogP contribution in [0.1, 0.15) is 44.6 Å². The molecule has 0 fully saturated rings. The summed E-state index contributed by atoms with van der Waals surface area (Å²) in [6.45, 7) is 2.96. The molecule has 1 aromatic heterocycles. The van der Waals surface area contributed by atoms with Crippen molar-refractivity contribution in [3.05, 3.63) is 48.3 Å². The molecule has 1 amide bonds. The van der Waals surface area contributed by atoms with Crippen molar-refractivity contribution in [1.82, 2.24) is 4.98 Å². The van der Waals surface area contributed by atoms with E-state index < -0.39 is 0 Å². The molecule has 4 nitrogen and oxygen atoms in total. The van der Waals surface area contributed by atoms with Gasteiger partial charge in [-0.3, -0.25) is 4.79 Å². The van der Waals surface area contributed by atoms with Gasteiger partial charge in [-0.1, -0.05) is 26.2 Å². The molecule has 0 unspecified atom stereocenters. The Labute approximate surface area is 132 Å². The van der Waals surface area contributed by atoms with E-state index in [2.05, 4.69) is 22.5 Å². The van der Waals surface area contributed by atoms with Crippen molar-refractivity contribution in [2.24, 2.45) is 0 Å². The molecule has 4 heteroatoms. The van der Waals surface area contributed by atoms with E-state index in [4.69, 9.17) is 0 Å². The van der Waals surface area contributed by atoms with Gasteiger partial charge in [0, 0.05) is 36.7 Å². The first kappa shape index (κ1) is 16.1. The molecule has 22 heavy (non-hydrogen) atoms. The van der Waals surface area contributed by atoms with Gasteiger partial charge in [-0.25, -0.2) is 0 Å². The summed E-state index contributed by atoms with van der Waals surface area (Å²) in [5, 5.41) is 6.29. The molecule has 0 aliphatic heterocycles. The minimum absolute atomic E-state index is 0.101. The largest absolute Gasteiger partial charge is 0.381 e. The van der Waals surface area contributed by atoms with E-state index in [0.29, 0.717) is 6.42 Å². The number of H-pyrrole nitrogens is 1. The third kappa shape index (κ3) is 5.64. The second kappa shape index (κ2) is 8.93. The van der Waals surface area contributed by atoms with Crippen molar-refractivity contribution >= 4 is 17.3 Å². The van der Waals surface area contributed by atoms with Gasteiger partial charge in [-0.05, 0) is 42.3 Å². The number of aromatic nitrogens is 1. The molecule has 0 aliphatic rings. The van der Waals surface area contributed by atoms with Crippen LogP contribution in [-0.4, -0.2) is 10.9 Å². The maximum atomic E-state index is 11.8. The first-order valence-electron chi connectivity index (χ1n) is 8.03. The molecule has 3 N–H and O–H groups in total. The molecule has 0 aliphatic carbocycles. The molecule has 1 aromatic carbocycles. The van der Waals surface area contributed by atoms with E-state index >= 15 is 0 Å². The Bertz CT molecular complexity index is 546. The number of rotatable bonds is 9. The van der Waals surface area contributed by atoms with Crippen LogP contribution in [0.15, 0.2) is 42.7 Å². The normalized spacial score (nSPS) is 10.4. The van der Waals surface area contributed by atoms with Gasteiger partial charge < -0.3 is 15.6 Å². The third-order valence-corrected chi connectivity index (χ3v) is 3.59. The Balaban J connectivity index is 1.72. The quantitative estimate of drug-likeness (QED) is 0.596.